The van der Waals surface area contributed by atoms with Crippen LogP contribution in [0.15, 0.2) is 53.6 Å². The Bertz CT molecular complexity index is 955. The molecule has 0 aliphatic rings. The number of anilines is 1. The second kappa shape index (κ2) is 6.18. The number of halogens is 2. The summed E-state index contributed by atoms with van der Waals surface area (Å²) in [6.45, 7) is -0.221. The molecule has 0 spiro atoms. The van der Waals surface area contributed by atoms with Gasteiger partial charge in [-0.25, -0.2) is 9.37 Å². The van der Waals surface area contributed by atoms with Gasteiger partial charge in [-0.05, 0) is 30.3 Å². The highest BCUT2D eigenvalue weighted by atomic mass is 35.5. The highest BCUT2D eigenvalue weighted by Crippen LogP contribution is 2.18. The van der Waals surface area contributed by atoms with Crippen LogP contribution in [-0.2, 0) is 11.3 Å². The number of rotatable bonds is 3. The van der Waals surface area contributed by atoms with Gasteiger partial charge in [-0.1, -0.05) is 23.7 Å². The van der Waals surface area contributed by atoms with E-state index >= 15 is 0 Å². The molecule has 0 unspecified atom stereocenters. The first-order chi connectivity index (χ1) is 11.0. The summed E-state index contributed by atoms with van der Waals surface area (Å²) in [4.78, 5) is 28.4. The molecule has 0 saturated carbocycles. The van der Waals surface area contributed by atoms with Crippen LogP contribution in [0, 0.1) is 5.82 Å². The molecule has 0 atom stereocenters. The van der Waals surface area contributed by atoms with E-state index in [4.69, 9.17) is 11.6 Å². The lowest BCUT2D eigenvalue weighted by Gasteiger charge is -2.08. The van der Waals surface area contributed by atoms with E-state index in [1.807, 2.05) is 0 Å². The summed E-state index contributed by atoms with van der Waals surface area (Å²) in [6.07, 6.45) is 1.31. The SMILES string of the molecule is O=C(Cn1cnc2ccccc2c1=O)Nc1ccc(Cl)c(F)c1. The minimum Gasteiger partial charge on any atom is -0.324 e. The standard InChI is InChI=1S/C16H11ClFN3O2/c17-12-6-5-10(7-13(12)18)20-15(22)8-21-9-19-14-4-2-1-3-11(14)16(21)23/h1-7,9H,8H2,(H,20,22). The molecular formula is C16H11ClFN3O2. The molecular weight excluding hydrogens is 321 g/mol. The largest absolute Gasteiger partial charge is 0.324 e. The molecule has 3 rings (SSSR count). The molecule has 2 aromatic carbocycles. The lowest BCUT2D eigenvalue weighted by molar-refractivity contribution is -0.116. The van der Waals surface area contributed by atoms with Gasteiger partial charge in [-0.2, -0.15) is 0 Å². The Hall–Kier alpha value is -2.73. The second-order valence-corrected chi connectivity index (χ2v) is 5.28. The van der Waals surface area contributed by atoms with Crippen molar-refractivity contribution in [2.75, 3.05) is 5.32 Å². The monoisotopic (exact) mass is 331 g/mol. The lowest BCUT2D eigenvalue weighted by Crippen LogP contribution is -2.27. The normalized spacial score (nSPS) is 10.7. The minimum absolute atomic E-state index is 0.0297. The third-order valence-electron chi connectivity index (χ3n) is 3.25. The van der Waals surface area contributed by atoms with Crippen LogP contribution in [0.3, 0.4) is 0 Å². The Labute approximate surface area is 135 Å². The first kappa shape index (κ1) is 15.2. The van der Waals surface area contributed by atoms with Crippen molar-refractivity contribution >= 4 is 34.1 Å². The van der Waals surface area contributed by atoms with E-state index in [2.05, 4.69) is 10.3 Å². The van der Waals surface area contributed by atoms with E-state index in [1.54, 1.807) is 24.3 Å². The summed E-state index contributed by atoms with van der Waals surface area (Å²) in [5.74, 6) is -1.10. The molecule has 3 aromatic rings. The van der Waals surface area contributed by atoms with Crippen molar-refractivity contribution in [3.8, 4) is 0 Å². The number of carbonyl (C=O) groups is 1. The first-order valence-corrected chi connectivity index (χ1v) is 7.11. The Morgan fingerprint density at radius 2 is 2.04 bits per heavy atom. The van der Waals surface area contributed by atoms with Crippen molar-refractivity contribution in [1.82, 2.24) is 9.55 Å². The molecule has 1 amide bonds. The van der Waals surface area contributed by atoms with Gasteiger partial charge < -0.3 is 5.32 Å². The van der Waals surface area contributed by atoms with Crippen molar-refractivity contribution in [1.29, 1.82) is 0 Å². The molecule has 1 N–H and O–H groups in total. The maximum atomic E-state index is 13.3. The number of fused-ring (bicyclic) bond motifs is 1. The minimum atomic E-state index is -0.631. The zero-order valence-electron chi connectivity index (χ0n) is 11.8. The van der Waals surface area contributed by atoms with Gasteiger partial charge in [-0.3, -0.25) is 14.2 Å². The average molecular weight is 332 g/mol. The van der Waals surface area contributed by atoms with E-state index in [1.165, 1.54) is 23.0 Å². The van der Waals surface area contributed by atoms with Crippen LogP contribution in [0.25, 0.3) is 10.9 Å². The number of aromatic nitrogens is 2. The van der Waals surface area contributed by atoms with E-state index in [-0.39, 0.29) is 22.8 Å². The number of hydrogen-bond acceptors (Lipinski definition) is 3. The summed E-state index contributed by atoms with van der Waals surface area (Å²) < 4.78 is 14.5. The zero-order valence-corrected chi connectivity index (χ0v) is 12.5. The number of hydrogen-bond donors (Lipinski definition) is 1. The van der Waals surface area contributed by atoms with Gasteiger partial charge in [0.15, 0.2) is 0 Å². The van der Waals surface area contributed by atoms with Crippen molar-refractivity contribution in [2.24, 2.45) is 0 Å². The van der Waals surface area contributed by atoms with E-state index in [9.17, 15) is 14.0 Å². The number of nitrogens with one attached hydrogen (secondary N) is 1. The Balaban J connectivity index is 1.81. The lowest BCUT2D eigenvalue weighted by atomic mass is 10.2. The summed E-state index contributed by atoms with van der Waals surface area (Å²) in [6, 6.07) is 10.8. The average Bonchev–Trinajstić information content (AvgIpc) is 2.54. The molecule has 0 saturated heterocycles. The van der Waals surface area contributed by atoms with Crippen LogP contribution in [0.4, 0.5) is 10.1 Å². The number of amides is 1. The van der Waals surface area contributed by atoms with Gasteiger partial charge in [0.1, 0.15) is 12.4 Å². The highest BCUT2D eigenvalue weighted by Gasteiger charge is 2.09. The predicted octanol–water partition coefficient (Wildman–Crippen LogP) is 2.83. The van der Waals surface area contributed by atoms with Gasteiger partial charge in [0.2, 0.25) is 5.91 Å². The van der Waals surface area contributed by atoms with Crippen molar-refractivity contribution < 1.29 is 9.18 Å². The Kier molecular flexibility index (Phi) is 4.08. The van der Waals surface area contributed by atoms with Crippen LogP contribution in [0.5, 0.6) is 0 Å². The van der Waals surface area contributed by atoms with Crippen LogP contribution < -0.4 is 10.9 Å². The Morgan fingerprint density at radius 1 is 1.26 bits per heavy atom. The molecule has 1 aromatic heterocycles. The number of nitrogens with zero attached hydrogens (tertiary/aromatic N) is 2. The topological polar surface area (TPSA) is 64.0 Å². The summed E-state index contributed by atoms with van der Waals surface area (Å²) >= 11 is 5.58. The molecule has 0 bridgehead atoms. The van der Waals surface area contributed by atoms with Crippen molar-refractivity contribution in [3.05, 3.63) is 70.0 Å². The fourth-order valence-electron chi connectivity index (χ4n) is 2.15. The van der Waals surface area contributed by atoms with Crippen LogP contribution in [0.1, 0.15) is 0 Å². The molecule has 0 radical (unpaired) electrons. The molecule has 116 valence electrons. The first-order valence-electron chi connectivity index (χ1n) is 6.73. The molecule has 0 aliphatic heterocycles. The Morgan fingerprint density at radius 3 is 2.83 bits per heavy atom. The maximum absolute atomic E-state index is 13.3. The molecule has 0 fully saturated rings. The number of para-hydroxylation sites is 1. The fraction of sp³-hybridized carbons (Fsp3) is 0.0625. The van der Waals surface area contributed by atoms with Crippen LogP contribution in [-0.4, -0.2) is 15.5 Å². The fourth-order valence-corrected chi connectivity index (χ4v) is 2.27. The summed E-state index contributed by atoms with van der Waals surface area (Å²) in [5, 5.41) is 2.91. The molecule has 23 heavy (non-hydrogen) atoms. The van der Waals surface area contributed by atoms with E-state index in [0.717, 1.165) is 6.07 Å². The quantitative estimate of drug-likeness (QED) is 0.802. The van der Waals surface area contributed by atoms with Crippen molar-refractivity contribution in [3.63, 3.8) is 0 Å². The van der Waals surface area contributed by atoms with Crippen molar-refractivity contribution in [2.45, 2.75) is 6.54 Å². The maximum Gasteiger partial charge on any atom is 0.261 e. The summed E-state index contributed by atoms with van der Waals surface area (Å²) in [5.41, 5.74) is 0.515. The molecule has 1 heterocycles. The third kappa shape index (κ3) is 3.22. The number of benzene rings is 2. The van der Waals surface area contributed by atoms with Gasteiger partial charge in [0.25, 0.3) is 5.56 Å². The van der Waals surface area contributed by atoms with E-state index < -0.39 is 11.7 Å². The van der Waals surface area contributed by atoms with Gasteiger partial charge in [0.05, 0.1) is 22.3 Å². The van der Waals surface area contributed by atoms with E-state index in [0.29, 0.717) is 10.9 Å². The van der Waals surface area contributed by atoms with Gasteiger partial charge in [-0.15, -0.1) is 0 Å². The molecule has 7 heteroatoms. The summed E-state index contributed by atoms with van der Waals surface area (Å²) in [7, 11) is 0. The van der Waals surface area contributed by atoms with Gasteiger partial charge in [0, 0.05) is 5.69 Å². The van der Waals surface area contributed by atoms with Crippen LogP contribution in [0.2, 0.25) is 5.02 Å². The zero-order chi connectivity index (χ0) is 16.4. The molecule has 0 aliphatic carbocycles. The number of carbonyl (C=O) groups excluding carboxylic acids is 1. The second-order valence-electron chi connectivity index (χ2n) is 4.87. The highest BCUT2D eigenvalue weighted by molar-refractivity contribution is 6.30. The van der Waals surface area contributed by atoms with Gasteiger partial charge >= 0.3 is 0 Å². The molecule has 5 nitrogen and oxygen atoms in total. The van der Waals surface area contributed by atoms with Crippen LogP contribution >= 0.6 is 11.6 Å². The third-order valence-corrected chi connectivity index (χ3v) is 3.56. The smallest absolute Gasteiger partial charge is 0.261 e. The predicted molar refractivity (Wildman–Crippen MR) is 86.0 cm³/mol.